The van der Waals surface area contributed by atoms with Gasteiger partial charge in [0.05, 0.1) is 12.6 Å². The first-order valence-electron chi connectivity index (χ1n) is 5.61. The fourth-order valence-electron chi connectivity index (χ4n) is 2.84. The van der Waals surface area contributed by atoms with Crippen molar-refractivity contribution in [3.63, 3.8) is 0 Å². The minimum Gasteiger partial charge on any atom is -0.450 e. The molecule has 2 fully saturated rings. The molecule has 2 atom stereocenters. The number of carbonyl (C=O) groups excluding carboxylic acids is 2. The highest BCUT2D eigenvalue weighted by Crippen LogP contribution is 2.51. The summed E-state index contributed by atoms with van der Waals surface area (Å²) in [5.41, 5.74) is -0.496. The summed E-state index contributed by atoms with van der Waals surface area (Å²) in [4.78, 5) is 24.9. The second-order valence-corrected chi connectivity index (χ2v) is 4.31. The first-order valence-corrected chi connectivity index (χ1v) is 5.61. The molecule has 1 heterocycles. The van der Waals surface area contributed by atoms with E-state index in [-0.39, 0.29) is 17.9 Å². The van der Waals surface area contributed by atoms with Crippen molar-refractivity contribution in [2.75, 3.05) is 6.61 Å². The van der Waals surface area contributed by atoms with E-state index in [1.807, 2.05) is 0 Å². The highest BCUT2D eigenvalue weighted by molar-refractivity contribution is 5.96. The van der Waals surface area contributed by atoms with E-state index in [1.54, 1.807) is 18.7 Å². The summed E-state index contributed by atoms with van der Waals surface area (Å²) in [6, 6.07) is 0.114. The van der Waals surface area contributed by atoms with Gasteiger partial charge in [-0.1, -0.05) is 12.8 Å². The van der Waals surface area contributed by atoms with E-state index in [4.69, 9.17) is 4.74 Å². The Morgan fingerprint density at radius 2 is 2.20 bits per heavy atom. The lowest BCUT2D eigenvalue weighted by Gasteiger charge is -2.15. The highest BCUT2D eigenvalue weighted by atomic mass is 16.6. The largest absolute Gasteiger partial charge is 0.450 e. The number of hydrogen-bond acceptors (Lipinski definition) is 3. The number of rotatable bonds is 2. The Kier molecular flexibility index (Phi) is 2.44. The monoisotopic (exact) mass is 211 g/mol. The average molecular weight is 211 g/mol. The van der Waals surface area contributed by atoms with Crippen molar-refractivity contribution in [1.82, 2.24) is 4.90 Å². The molecule has 4 heteroatoms. The lowest BCUT2D eigenvalue weighted by atomic mass is 9.86. The maximum Gasteiger partial charge on any atom is 0.411 e. The normalized spacial score (nSPS) is 33.2. The van der Waals surface area contributed by atoms with Gasteiger partial charge in [0.1, 0.15) is 5.54 Å². The molecule has 1 aliphatic heterocycles. The van der Waals surface area contributed by atoms with E-state index in [1.165, 1.54) is 0 Å². The summed E-state index contributed by atoms with van der Waals surface area (Å²) in [5.74, 6) is 0.111. The predicted molar refractivity (Wildman–Crippen MR) is 54.5 cm³/mol. The van der Waals surface area contributed by atoms with Gasteiger partial charge in [-0.15, -0.1) is 0 Å². The Hall–Kier alpha value is -1.06. The quantitative estimate of drug-likeness (QED) is 0.653. The minimum atomic E-state index is -0.496. The summed E-state index contributed by atoms with van der Waals surface area (Å²) in [5, 5.41) is 0. The molecule has 84 valence electrons. The van der Waals surface area contributed by atoms with Gasteiger partial charge in [-0.25, -0.2) is 4.79 Å². The molecule has 1 amide bonds. The third kappa shape index (κ3) is 1.34. The fraction of sp³-hybridized carbons (Fsp3) is 0.818. The molecule has 15 heavy (non-hydrogen) atoms. The van der Waals surface area contributed by atoms with Crippen LogP contribution in [0.15, 0.2) is 0 Å². The van der Waals surface area contributed by atoms with Crippen molar-refractivity contribution >= 4 is 11.9 Å². The van der Waals surface area contributed by atoms with Crippen LogP contribution in [-0.4, -0.2) is 35.0 Å². The van der Waals surface area contributed by atoms with Gasteiger partial charge in [0, 0.05) is 0 Å². The van der Waals surface area contributed by atoms with Crippen molar-refractivity contribution in [2.24, 2.45) is 0 Å². The van der Waals surface area contributed by atoms with Crippen molar-refractivity contribution in [2.45, 2.75) is 51.1 Å². The van der Waals surface area contributed by atoms with Crippen LogP contribution >= 0.6 is 0 Å². The third-order valence-electron chi connectivity index (χ3n) is 3.58. The van der Waals surface area contributed by atoms with E-state index in [2.05, 4.69) is 0 Å². The Balaban J connectivity index is 2.14. The van der Waals surface area contributed by atoms with Gasteiger partial charge in [0.2, 0.25) is 0 Å². The number of likely N-dealkylation sites (tertiary alicyclic amines) is 1. The van der Waals surface area contributed by atoms with Gasteiger partial charge in [0.15, 0.2) is 5.78 Å². The molecule has 0 bridgehead atoms. The molecule has 0 radical (unpaired) electrons. The summed E-state index contributed by atoms with van der Waals surface area (Å²) in [6.07, 6.45) is 3.57. The van der Waals surface area contributed by atoms with Crippen LogP contribution in [0.5, 0.6) is 0 Å². The summed E-state index contributed by atoms with van der Waals surface area (Å²) in [6.45, 7) is 3.74. The molecule has 0 aromatic rings. The summed E-state index contributed by atoms with van der Waals surface area (Å²) < 4.78 is 4.97. The second kappa shape index (κ2) is 3.51. The summed E-state index contributed by atoms with van der Waals surface area (Å²) >= 11 is 0. The number of amides is 1. The molecule has 0 spiro atoms. The van der Waals surface area contributed by atoms with E-state index >= 15 is 0 Å². The molecule has 0 aromatic heterocycles. The van der Waals surface area contributed by atoms with Gasteiger partial charge < -0.3 is 4.74 Å². The molecule has 2 rings (SSSR count). The predicted octanol–water partition coefficient (Wildman–Crippen LogP) is 1.73. The summed E-state index contributed by atoms with van der Waals surface area (Å²) in [7, 11) is 0. The zero-order chi connectivity index (χ0) is 11.1. The lowest BCUT2D eigenvalue weighted by Crippen LogP contribution is -2.32. The van der Waals surface area contributed by atoms with Crippen LogP contribution in [0.2, 0.25) is 0 Å². The van der Waals surface area contributed by atoms with Gasteiger partial charge in [-0.3, -0.25) is 9.69 Å². The van der Waals surface area contributed by atoms with Crippen LogP contribution in [-0.2, 0) is 9.53 Å². The van der Waals surface area contributed by atoms with E-state index in [0.717, 1.165) is 25.7 Å². The molecule has 0 N–H and O–H groups in total. The highest BCUT2D eigenvalue weighted by Gasteiger charge is 2.69. The van der Waals surface area contributed by atoms with Crippen LogP contribution in [0.1, 0.15) is 39.5 Å². The number of hydrogen-bond donors (Lipinski definition) is 0. The molecule has 1 saturated heterocycles. The number of Topliss-reactive ketones (excluding diaryl/α,β-unsaturated/α-hetero) is 1. The van der Waals surface area contributed by atoms with E-state index in [9.17, 15) is 9.59 Å². The molecule has 1 saturated carbocycles. The third-order valence-corrected chi connectivity index (χ3v) is 3.58. The van der Waals surface area contributed by atoms with Crippen molar-refractivity contribution < 1.29 is 14.3 Å². The standard InChI is InChI=1S/C11H17NO3/c1-3-15-10(14)12-9-6-4-5-7-11(9,12)8(2)13/h9H,3-7H2,1-2H3. The van der Waals surface area contributed by atoms with E-state index in [0.29, 0.717) is 6.61 Å². The van der Waals surface area contributed by atoms with Crippen LogP contribution in [0, 0.1) is 0 Å². The molecule has 1 aliphatic carbocycles. The average Bonchev–Trinajstić information content (AvgIpc) is 2.88. The first kappa shape index (κ1) is 10.5. The Labute approximate surface area is 89.6 Å². The molecule has 0 aromatic carbocycles. The maximum atomic E-state index is 11.6. The van der Waals surface area contributed by atoms with Gasteiger partial charge in [0.25, 0.3) is 0 Å². The first-order chi connectivity index (χ1) is 7.14. The lowest BCUT2D eigenvalue weighted by molar-refractivity contribution is -0.120. The van der Waals surface area contributed by atoms with Crippen LogP contribution in [0.25, 0.3) is 0 Å². The van der Waals surface area contributed by atoms with Crippen LogP contribution in [0.3, 0.4) is 0 Å². The number of fused-ring (bicyclic) bond motifs is 1. The van der Waals surface area contributed by atoms with Crippen LogP contribution in [0.4, 0.5) is 4.79 Å². The molecular weight excluding hydrogens is 194 g/mol. The van der Waals surface area contributed by atoms with Crippen molar-refractivity contribution in [3.8, 4) is 0 Å². The number of ketones is 1. The smallest absolute Gasteiger partial charge is 0.411 e. The fourth-order valence-corrected chi connectivity index (χ4v) is 2.84. The number of nitrogens with zero attached hydrogens (tertiary/aromatic N) is 1. The van der Waals surface area contributed by atoms with Gasteiger partial charge in [-0.05, 0) is 26.7 Å². The Morgan fingerprint density at radius 3 is 2.73 bits per heavy atom. The Bertz CT molecular complexity index is 302. The number of carbonyl (C=O) groups is 2. The molecule has 2 unspecified atom stereocenters. The number of ether oxygens (including phenoxy) is 1. The van der Waals surface area contributed by atoms with Gasteiger partial charge >= 0.3 is 6.09 Å². The maximum absolute atomic E-state index is 11.6. The Morgan fingerprint density at radius 1 is 1.47 bits per heavy atom. The molecule has 4 nitrogen and oxygen atoms in total. The van der Waals surface area contributed by atoms with E-state index < -0.39 is 5.54 Å². The topological polar surface area (TPSA) is 46.4 Å². The van der Waals surface area contributed by atoms with Crippen LogP contribution < -0.4 is 0 Å². The minimum absolute atomic E-state index is 0.111. The zero-order valence-electron chi connectivity index (χ0n) is 9.28. The van der Waals surface area contributed by atoms with Crippen molar-refractivity contribution in [3.05, 3.63) is 0 Å². The van der Waals surface area contributed by atoms with Crippen molar-refractivity contribution in [1.29, 1.82) is 0 Å². The SMILES string of the molecule is CCOC(=O)N1C2CCCCC21C(C)=O. The van der Waals surface area contributed by atoms with Gasteiger partial charge in [-0.2, -0.15) is 0 Å². The molecule has 2 aliphatic rings. The molecular formula is C11H17NO3. The second-order valence-electron chi connectivity index (χ2n) is 4.31. The zero-order valence-corrected chi connectivity index (χ0v) is 9.28.